The lowest BCUT2D eigenvalue weighted by Gasteiger charge is -1.97. The molecule has 2 aromatic rings. The van der Waals surface area contributed by atoms with E-state index in [1.54, 1.807) is 24.7 Å². The van der Waals surface area contributed by atoms with Crippen LogP contribution in [0.3, 0.4) is 0 Å². The first-order valence-electron chi connectivity index (χ1n) is 5.17. The molecule has 0 bridgehead atoms. The van der Waals surface area contributed by atoms with Crippen molar-refractivity contribution in [2.45, 2.75) is 20.4 Å². The first-order chi connectivity index (χ1) is 8.19. The molecule has 0 saturated heterocycles. The van der Waals surface area contributed by atoms with E-state index in [0.717, 1.165) is 0 Å². The molecule has 0 atom stereocenters. The lowest BCUT2D eigenvalue weighted by molar-refractivity contribution is 0.0526. The summed E-state index contributed by atoms with van der Waals surface area (Å²) in [6.07, 6.45) is 3.03. The van der Waals surface area contributed by atoms with Crippen molar-refractivity contribution in [3.8, 4) is 0 Å². The van der Waals surface area contributed by atoms with Crippen LogP contribution in [0.25, 0.3) is 0 Å². The second-order valence-electron chi connectivity index (χ2n) is 3.36. The summed E-state index contributed by atoms with van der Waals surface area (Å²) in [4.78, 5) is 11.4. The van der Waals surface area contributed by atoms with Gasteiger partial charge in [0, 0.05) is 13.1 Å². The molecule has 0 spiro atoms. The van der Waals surface area contributed by atoms with Gasteiger partial charge in [-0.05, 0) is 6.92 Å². The SMILES string of the molecule is CCOC(=O)c1cnn(Cc2nnc(C)o2)c1. The Morgan fingerprint density at radius 3 is 3.00 bits per heavy atom. The third-order valence-electron chi connectivity index (χ3n) is 2.01. The summed E-state index contributed by atoms with van der Waals surface area (Å²) in [5.41, 5.74) is 0.406. The van der Waals surface area contributed by atoms with Crippen LogP contribution in [0.4, 0.5) is 0 Å². The number of aryl methyl sites for hydroxylation is 1. The molecule has 0 N–H and O–H groups in total. The van der Waals surface area contributed by atoms with Gasteiger partial charge in [0.25, 0.3) is 0 Å². The maximum absolute atomic E-state index is 11.4. The van der Waals surface area contributed by atoms with Gasteiger partial charge in [-0.15, -0.1) is 10.2 Å². The number of carbonyl (C=O) groups excluding carboxylic acids is 1. The average molecular weight is 236 g/mol. The Labute approximate surface area is 97.4 Å². The summed E-state index contributed by atoms with van der Waals surface area (Å²) >= 11 is 0. The number of rotatable bonds is 4. The molecule has 0 radical (unpaired) electrons. The van der Waals surface area contributed by atoms with Gasteiger partial charge in [-0.1, -0.05) is 0 Å². The van der Waals surface area contributed by atoms with Crippen molar-refractivity contribution in [3.63, 3.8) is 0 Å². The van der Waals surface area contributed by atoms with Gasteiger partial charge in [0.05, 0.1) is 18.4 Å². The standard InChI is InChI=1S/C10H12N4O3/c1-3-16-10(15)8-4-11-14(5-8)6-9-13-12-7(2)17-9/h4-5H,3,6H2,1-2H3. The maximum Gasteiger partial charge on any atom is 0.341 e. The highest BCUT2D eigenvalue weighted by Gasteiger charge is 2.10. The number of esters is 1. The number of ether oxygens (including phenoxy) is 1. The van der Waals surface area contributed by atoms with Crippen LogP contribution in [0.5, 0.6) is 0 Å². The lowest BCUT2D eigenvalue weighted by atomic mass is 10.4. The summed E-state index contributed by atoms with van der Waals surface area (Å²) in [6.45, 7) is 4.14. The highest BCUT2D eigenvalue weighted by Crippen LogP contribution is 2.04. The van der Waals surface area contributed by atoms with Crippen molar-refractivity contribution < 1.29 is 13.9 Å². The average Bonchev–Trinajstić information content (AvgIpc) is 2.89. The predicted molar refractivity (Wildman–Crippen MR) is 56.3 cm³/mol. The number of aromatic nitrogens is 4. The van der Waals surface area contributed by atoms with Crippen LogP contribution < -0.4 is 0 Å². The van der Waals surface area contributed by atoms with E-state index in [1.807, 2.05) is 0 Å². The fourth-order valence-electron chi connectivity index (χ4n) is 1.31. The smallest absolute Gasteiger partial charge is 0.341 e. The summed E-state index contributed by atoms with van der Waals surface area (Å²) in [7, 11) is 0. The zero-order chi connectivity index (χ0) is 12.3. The molecule has 7 heteroatoms. The van der Waals surface area contributed by atoms with Crippen LogP contribution in [0.15, 0.2) is 16.8 Å². The Kier molecular flexibility index (Phi) is 3.17. The van der Waals surface area contributed by atoms with Gasteiger partial charge >= 0.3 is 5.97 Å². The molecule has 0 saturated carbocycles. The molecule has 17 heavy (non-hydrogen) atoms. The molecule has 0 aliphatic carbocycles. The molecule has 90 valence electrons. The minimum atomic E-state index is -0.388. The molecule has 0 fully saturated rings. The molecule has 2 heterocycles. The van der Waals surface area contributed by atoms with Gasteiger partial charge in [0.1, 0.15) is 6.54 Å². The highest BCUT2D eigenvalue weighted by molar-refractivity contribution is 5.88. The Morgan fingerprint density at radius 1 is 1.53 bits per heavy atom. The van der Waals surface area contributed by atoms with Crippen LogP contribution in [-0.2, 0) is 11.3 Å². The fourth-order valence-corrected chi connectivity index (χ4v) is 1.31. The van der Waals surface area contributed by atoms with Crippen LogP contribution in [0.1, 0.15) is 29.1 Å². The van der Waals surface area contributed by atoms with Crippen LogP contribution in [-0.4, -0.2) is 32.6 Å². The molecule has 0 amide bonds. The van der Waals surface area contributed by atoms with Gasteiger partial charge in [-0.25, -0.2) is 4.79 Å². The Bertz CT molecular complexity index is 517. The quantitative estimate of drug-likeness (QED) is 0.730. The molecular weight excluding hydrogens is 224 g/mol. The fraction of sp³-hybridized carbons (Fsp3) is 0.400. The number of hydrogen-bond acceptors (Lipinski definition) is 6. The van der Waals surface area contributed by atoms with Crippen LogP contribution >= 0.6 is 0 Å². The molecule has 2 aromatic heterocycles. The minimum Gasteiger partial charge on any atom is -0.462 e. The van der Waals surface area contributed by atoms with E-state index >= 15 is 0 Å². The molecular formula is C10H12N4O3. The van der Waals surface area contributed by atoms with Crippen molar-refractivity contribution in [1.29, 1.82) is 0 Å². The van der Waals surface area contributed by atoms with E-state index < -0.39 is 0 Å². The number of hydrogen-bond donors (Lipinski definition) is 0. The molecule has 0 aromatic carbocycles. The van der Waals surface area contributed by atoms with Crippen molar-refractivity contribution >= 4 is 5.97 Å². The van der Waals surface area contributed by atoms with Crippen LogP contribution in [0, 0.1) is 6.92 Å². The Balaban J connectivity index is 2.06. The molecule has 0 aliphatic heterocycles. The molecule has 0 unspecified atom stereocenters. The summed E-state index contributed by atoms with van der Waals surface area (Å²) in [5, 5.41) is 11.6. The van der Waals surface area contributed by atoms with Crippen LogP contribution in [0.2, 0.25) is 0 Å². The lowest BCUT2D eigenvalue weighted by Crippen LogP contribution is -2.04. The van der Waals surface area contributed by atoms with Gasteiger partial charge in [-0.3, -0.25) is 4.68 Å². The van der Waals surface area contributed by atoms with E-state index in [9.17, 15) is 4.79 Å². The highest BCUT2D eigenvalue weighted by atomic mass is 16.5. The van der Waals surface area contributed by atoms with Gasteiger partial charge in [-0.2, -0.15) is 5.10 Å². The third kappa shape index (κ3) is 2.68. The monoisotopic (exact) mass is 236 g/mol. The second-order valence-corrected chi connectivity index (χ2v) is 3.36. The maximum atomic E-state index is 11.4. The Hall–Kier alpha value is -2.18. The van der Waals surface area contributed by atoms with Gasteiger partial charge in [0.2, 0.25) is 11.8 Å². The zero-order valence-corrected chi connectivity index (χ0v) is 9.58. The number of carbonyl (C=O) groups is 1. The van der Waals surface area contributed by atoms with Gasteiger partial charge in [0.15, 0.2) is 0 Å². The summed E-state index contributed by atoms with van der Waals surface area (Å²) in [5.74, 6) is 0.555. The molecule has 7 nitrogen and oxygen atoms in total. The molecule has 0 aliphatic rings. The largest absolute Gasteiger partial charge is 0.462 e. The van der Waals surface area contributed by atoms with E-state index in [-0.39, 0.29) is 5.97 Å². The normalized spacial score (nSPS) is 10.5. The Morgan fingerprint density at radius 2 is 2.35 bits per heavy atom. The van der Waals surface area contributed by atoms with E-state index in [1.165, 1.54) is 6.20 Å². The predicted octanol–water partition coefficient (Wildman–Crippen LogP) is 0.800. The minimum absolute atomic E-state index is 0.334. The topological polar surface area (TPSA) is 83.0 Å². The van der Waals surface area contributed by atoms with E-state index in [2.05, 4.69) is 15.3 Å². The first kappa shape index (κ1) is 11.3. The van der Waals surface area contributed by atoms with Crippen molar-refractivity contribution in [1.82, 2.24) is 20.0 Å². The van der Waals surface area contributed by atoms with Gasteiger partial charge < -0.3 is 9.15 Å². The number of nitrogens with zero attached hydrogens (tertiary/aromatic N) is 4. The van der Waals surface area contributed by atoms with E-state index in [4.69, 9.17) is 9.15 Å². The first-order valence-corrected chi connectivity index (χ1v) is 5.17. The van der Waals surface area contributed by atoms with Crippen molar-refractivity contribution in [2.75, 3.05) is 6.61 Å². The zero-order valence-electron chi connectivity index (χ0n) is 9.58. The van der Waals surface area contributed by atoms with Crippen molar-refractivity contribution in [2.24, 2.45) is 0 Å². The third-order valence-corrected chi connectivity index (χ3v) is 2.01. The van der Waals surface area contributed by atoms with Crippen molar-refractivity contribution in [3.05, 3.63) is 29.7 Å². The summed E-state index contributed by atoms with van der Waals surface area (Å²) in [6, 6.07) is 0. The molecule has 2 rings (SSSR count). The summed E-state index contributed by atoms with van der Waals surface area (Å²) < 4.78 is 11.6. The van der Waals surface area contributed by atoms with E-state index in [0.29, 0.717) is 30.5 Å². The second kappa shape index (κ2) is 4.77.